The molecule has 0 spiro atoms. The molecule has 1 aromatic carbocycles. The van der Waals surface area contributed by atoms with Gasteiger partial charge in [0.2, 0.25) is 5.89 Å². The van der Waals surface area contributed by atoms with Crippen molar-refractivity contribution >= 4 is 11.8 Å². The van der Waals surface area contributed by atoms with Gasteiger partial charge in [0.15, 0.2) is 16.8 Å². The second-order valence-electron chi connectivity index (χ2n) is 7.22. The van der Waals surface area contributed by atoms with Crippen LogP contribution in [0.4, 0.5) is 0 Å². The Kier molecular flexibility index (Phi) is 7.16. The van der Waals surface area contributed by atoms with E-state index in [2.05, 4.69) is 32.2 Å². The van der Waals surface area contributed by atoms with Crippen LogP contribution >= 0.6 is 11.8 Å². The third kappa shape index (κ3) is 4.99. The molecular formula is C23H26N6O2S. The van der Waals surface area contributed by atoms with Gasteiger partial charge in [-0.1, -0.05) is 30.3 Å². The fourth-order valence-corrected chi connectivity index (χ4v) is 4.10. The number of aromatic nitrogens is 6. The molecule has 0 aliphatic heterocycles. The number of thioether (sulfide) groups is 1. The molecule has 4 aromatic rings. The summed E-state index contributed by atoms with van der Waals surface area (Å²) in [5.74, 6) is 2.90. The lowest BCUT2D eigenvalue weighted by molar-refractivity contribution is 0.340. The number of aryl methyl sites for hydroxylation is 1. The number of rotatable bonds is 10. The van der Waals surface area contributed by atoms with E-state index < -0.39 is 0 Å². The predicted octanol–water partition coefficient (Wildman–Crippen LogP) is 5.31. The quantitative estimate of drug-likeness (QED) is 0.300. The second kappa shape index (κ2) is 10.4. The summed E-state index contributed by atoms with van der Waals surface area (Å²) in [6, 6.07) is 11.7. The van der Waals surface area contributed by atoms with Crippen LogP contribution in [0.2, 0.25) is 0 Å². The number of hydrogen-bond donors (Lipinski definition) is 0. The minimum absolute atomic E-state index is 0.0752. The average molecular weight is 451 g/mol. The molecule has 0 fully saturated rings. The van der Waals surface area contributed by atoms with Gasteiger partial charge in [0.25, 0.3) is 0 Å². The Bertz CT molecular complexity index is 1130. The summed E-state index contributed by atoms with van der Waals surface area (Å²) in [4.78, 5) is 8.68. The summed E-state index contributed by atoms with van der Waals surface area (Å²) >= 11 is 1.53. The molecule has 0 amide bonds. The number of nitrogens with zero attached hydrogens (tertiary/aromatic N) is 6. The van der Waals surface area contributed by atoms with Gasteiger partial charge in [-0.2, -0.15) is 4.98 Å². The average Bonchev–Trinajstić information content (AvgIpc) is 3.46. The molecule has 4 rings (SSSR count). The first-order valence-corrected chi connectivity index (χ1v) is 11.7. The maximum atomic E-state index is 5.59. The van der Waals surface area contributed by atoms with Gasteiger partial charge in [0, 0.05) is 30.1 Å². The molecule has 0 aliphatic rings. The molecule has 3 aromatic heterocycles. The predicted molar refractivity (Wildman–Crippen MR) is 123 cm³/mol. The molecule has 0 saturated heterocycles. The maximum Gasteiger partial charge on any atom is 0.239 e. The van der Waals surface area contributed by atoms with Crippen molar-refractivity contribution in [2.75, 3.05) is 6.61 Å². The topological polar surface area (TPSA) is 91.8 Å². The van der Waals surface area contributed by atoms with Crippen molar-refractivity contribution in [3.63, 3.8) is 0 Å². The molecule has 0 saturated carbocycles. The molecule has 9 heteroatoms. The summed E-state index contributed by atoms with van der Waals surface area (Å²) in [6.45, 7) is 6.77. The van der Waals surface area contributed by atoms with Gasteiger partial charge in [-0.3, -0.25) is 9.55 Å². The number of benzene rings is 1. The van der Waals surface area contributed by atoms with Crippen molar-refractivity contribution in [3.05, 3.63) is 60.5 Å². The Morgan fingerprint density at radius 3 is 2.56 bits per heavy atom. The van der Waals surface area contributed by atoms with Crippen LogP contribution in [0.25, 0.3) is 17.1 Å². The second-order valence-corrected chi connectivity index (χ2v) is 8.52. The van der Waals surface area contributed by atoms with Gasteiger partial charge in [0.1, 0.15) is 5.75 Å². The highest BCUT2D eigenvalue weighted by molar-refractivity contribution is 7.99. The van der Waals surface area contributed by atoms with Crippen LogP contribution in [0.5, 0.6) is 5.75 Å². The summed E-state index contributed by atoms with van der Waals surface area (Å²) in [6.07, 6.45) is 6.46. The maximum absolute atomic E-state index is 5.59. The first-order chi connectivity index (χ1) is 15.7. The van der Waals surface area contributed by atoms with Crippen LogP contribution in [0, 0.1) is 0 Å². The summed E-state index contributed by atoms with van der Waals surface area (Å²) < 4.78 is 13.1. The molecule has 32 heavy (non-hydrogen) atoms. The van der Waals surface area contributed by atoms with Gasteiger partial charge in [0.05, 0.1) is 11.9 Å². The number of ether oxygens (including phenoxy) is 1. The molecular weight excluding hydrogens is 424 g/mol. The zero-order valence-electron chi connectivity index (χ0n) is 18.4. The first kappa shape index (κ1) is 22.0. The highest BCUT2D eigenvalue weighted by Crippen LogP contribution is 2.36. The smallest absolute Gasteiger partial charge is 0.239 e. The van der Waals surface area contributed by atoms with E-state index in [0.29, 0.717) is 12.5 Å². The summed E-state index contributed by atoms with van der Waals surface area (Å²) in [5, 5.41) is 13.7. The Balaban J connectivity index is 1.66. The van der Waals surface area contributed by atoms with Gasteiger partial charge >= 0.3 is 0 Å². The van der Waals surface area contributed by atoms with Crippen molar-refractivity contribution < 1.29 is 9.26 Å². The highest BCUT2D eigenvalue weighted by atomic mass is 32.2. The van der Waals surface area contributed by atoms with E-state index in [4.69, 9.17) is 9.26 Å². The van der Waals surface area contributed by atoms with Crippen LogP contribution < -0.4 is 4.74 Å². The largest absolute Gasteiger partial charge is 0.494 e. The van der Waals surface area contributed by atoms with Crippen molar-refractivity contribution in [3.8, 4) is 22.8 Å². The van der Waals surface area contributed by atoms with E-state index in [1.54, 1.807) is 12.4 Å². The molecule has 1 unspecified atom stereocenters. The Morgan fingerprint density at radius 1 is 1.06 bits per heavy atom. The Labute approximate surface area is 191 Å². The van der Waals surface area contributed by atoms with Crippen molar-refractivity contribution in [1.82, 2.24) is 29.9 Å². The van der Waals surface area contributed by atoms with Crippen LogP contribution in [-0.2, 0) is 6.42 Å². The van der Waals surface area contributed by atoms with E-state index in [9.17, 15) is 0 Å². The molecule has 1 atom stereocenters. The third-order valence-electron chi connectivity index (χ3n) is 4.85. The minimum Gasteiger partial charge on any atom is -0.494 e. The first-order valence-electron chi connectivity index (χ1n) is 10.8. The molecule has 0 aliphatic carbocycles. The Hall–Kier alpha value is -3.20. The molecule has 0 radical (unpaired) electrons. The SMILES string of the molecule is CCCCc1noc(C(C)Sc2nnc(-c3ccncc3)n2-c2ccc(OCC)cc2)n1. The highest BCUT2D eigenvalue weighted by Gasteiger charge is 2.22. The van der Waals surface area contributed by atoms with E-state index in [1.807, 2.05) is 54.8 Å². The molecule has 0 bridgehead atoms. The van der Waals surface area contributed by atoms with Crippen LogP contribution in [0.1, 0.15) is 50.6 Å². The van der Waals surface area contributed by atoms with Crippen LogP contribution in [0.3, 0.4) is 0 Å². The number of hydrogen-bond acceptors (Lipinski definition) is 8. The van der Waals surface area contributed by atoms with E-state index in [1.165, 1.54) is 11.8 Å². The lowest BCUT2D eigenvalue weighted by Gasteiger charge is -2.12. The standard InChI is InChI=1S/C23H26N6O2S/c1-4-6-7-20-25-22(31-28-20)16(3)32-23-27-26-21(17-12-14-24-15-13-17)29(23)18-8-10-19(11-9-18)30-5-2/h8-16H,4-7H2,1-3H3. The van der Waals surface area contributed by atoms with Crippen LogP contribution in [-0.4, -0.2) is 36.5 Å². The van der Waals surface area contributed by atoms with Gasteiger partial charge in [-0.15, -0.1) is 10.2 Å². The van der Waals surface area contributed by atoms with Gasteiger partial charge in [-0.25, -0.2) is 0 Å². The zero-order chi connectivity index (χ0) is 22.3. The van der Waals surface area contributed by atoms with Crippen molar-refractivity contribution in [2.24, 2.45) is 0 Å². The minimum atomic E-state index is -0.0752. The fourth-order valence-electron chi connectivity index (χ4n) is 3.20. The summed E-state index contributed by atoms with van der Waals surface area (Å²) in [7, 11) is 0. The zero-order valence-corrected chi connectivity index (χ0v) is 19.2. The molecule has 0 N–H and O–H groups in total. The molecule has 166 valence electrons. The lowest BCUT2D eigenvalue weighted by Crippen LogP contribution is -2.01. The van der Waals surface area contributed by atoms with E-state index >= 15 is 0 Å². The lowest BCUT2D eigenvalue weighted by atomic mass is 10.2. The van der Waals surface area contributed by atoms with Gasteiger partial charge in [-0.05, 0) is 56.7 Å². The fraction of sp³-hybridized carbons (Fsp3) is 0.348. The van der Waals surface area contributed by atoms with Gasteiger partial charge < -0.3 is 9.26 Å². The molecule has 8 nitrogen and oxygen atoms in total. The van der Waals surface area contributed by atoms with Crippen molar-refractivity contribution in [1.29, 1.82) is 0 Å². The monoisotopic (exact) mass is 450 g/mol. The normalized spacial score (nSPS) is 12.1. The molecule has 3 heterocycles. The van der Waals surface area contributed by atoms with E-state index in [0.717, 1.165) is 53.1 Å². The summed E-state index contributed by atoms with van der Waals surface area (Å²) in [5.41, 5.74) is 1.87. The van der Waals surface area contributed by atoms with Crippen LogP contribution in [0.15, 0.2) is 58.5 Å². The third-order valence-corrected chi connectivity index (χ3v) is 5.88. The van der Waals surface area contributed by atoms with Crippen molar-refractivity contribution in [2.45, 2.75) is 50.4 Å². The Morgan fingerprint density at radius 2 is 1.84 bits per heavy atom. The van der Waals surface area contributed by atoms with E-state index in [-0.39, 0.29) is 5.25 Å². The number of pyridine rings is 1. The number of unbranched alkanes of at least 4 members (excludes halogenated alkanes) is 1.